The van der Waals surface area contributed by atoms with E-state index in [9.17, 15) is 0 Å². The molecule has 0 N–H and O–H groups in total. The van der Waals surface area contributed by atoms with Crippen molar-refractivity contribution in [2.24, 2.45) is 0 Å². The molecule has 1 aliphatic rings. The summed E-state index contributed by atoms with van der Waals surface area (Å²) in [6.45, 7) is 4.54. The van der Waals surface area contributed by atoms with Crippen LogP contribution in [0.1, 0.15) is 39.5 Å². The molecule has 1 nitrogen and oxygen atoms in total. The summed E-state index contributed by atoms with van der Waals surface area (Å²) in [6.07, 6.45) is 5.52. The zero-order chi connectivity index (χ0) is 9.14. The van der Waals surface area contributed by atoms with Crippen LogP contribution in [0, 0.1) is 0 Å². The van der Waals surface area contributed by atoms with Crippen molar-refractivity contribution in [2.75, 3.05) is 7.05 Å². The van der Waals surface area contributed by atoms with E-state index in [1.165, 1.54) is 25.7 Å². The van der Waals surface area contributed by atoms with Gasteiger partial charge >= 0.3 is 0 Å². The first-order valence-electron chi connectivity index (χ1n) is 4.99. The molecule has 2 heteroatoms. The Bertz CT molecular complexity index is 136. The van der Waals surface area contributed by atoms with Gasteiger partial charge in [0, 0.05) is 16.9 Å². The first kappa shape index (κ1) is 10.5. The van der Waals surface area contributed by atoms with Crippen molar-refractivity contribution in [3.8, 4) is 0 Å². The van der Waals surface area contributed by atoms with E-state index in [-0.39, 0.29) is 0 Å². The highest BCUT2D eigenvalue weighted by atomic mass is 79.9. The van der Waals surface area contributed by atoms with Crippen LogP contribution in [0.5, 0.6) is 0 Å². The Kier molecular flexibility index (Phi) is 4.04. The zero-order valence-corrected chi connectivity index (χ0v) is 9.97. The van der Waals surface area contributed by atoms with Crippen LogP contribution in [0.25, 0.3) is 0 Å². The Hall–Kier alpha value is 0.440. The smallest absolute Gasteiger partial charge is 0.0301 e. The molecule has 1 aliphatic carbocycles. The Morgan fingerprint density at radius 3 is 2.33 bits per heavy atom. The minimum absolute atomic E-state index is 0.674. The second-order valence-corrected chi connectivity index (χ2v) is 5.30. The monoisotopic (exact) mass is 233 g/mol. The molecule has 12 heavy (non-hydrogen) atoms. The molecule has 0 aromatic rings. The summed E-state index contributed by atoms with van der Waals surface area (Å²) >= 11 is 3.78. The molecule has 0 aromatic carbocycles. The fraction of sp³-hybridized carbons (Fsp3) is 1.00. The number of alkyl halides is 1. The van der Waals surface area contributed by atoms with Crippen LogP contribution in [-0.4, -0.2) is 28.9 Å². The molecule has 72 valence electrons. The lowest BCUT2D eigenvalue weighted by molar-refractivity contribution is 0.162. The van der Waals surface area contributed by atoms with Gasteiger partial charge in [-0.05, 0) is 33.7 Å². The predicted octanol–water partition coefficient (Wildman–Crippen LogP) is 3.03. The normalized spacial score (nSPS) is 31.5. The van der Waals surface area contributed by atoms with Crippen LogP contribution in [-0.2, 0) is 0 Å². The van der Waals surface area contributed by atoms with Crippen LogP contribution in [0.2, 0.25) is 0 Å². The molecule has 0 aliphatic heterocycles. The van der Waals surface area contributed by atoms with Gasteiger partial charge in [0.2, 0.25) is 0 Å². The predicted molar refractivity (Wildman–Crippen MR) is 57.9 cm³/mol. The first-order chi connectivity index (χ1) is 5.63. The third kappa shape index (κ3) is 2.46. The van der Waals surface area contributed by atoms with Gasteiger partial charge in [0.25, 0.3) is 0 Å². The maximum absolute atomic E-state index is 3.78. The van der Waals surface area contributed by atoms with E-state index >= 15 is 0 Å². The van der Waals surface area contributed by atoms with Gasteiger partial charge in [-0.25, -0.2) is 0 Å². The van der Waals surface area contributed by atoms with Gasteiger partial charge in [0.05, 0.1) is 0 Å². The third-order valence-corrected chi connectivity index (χ3v) is 4.05. The molecule has 0 aromatic heterocycles. The lowest BCUT2D eigenvalue weighted by atomic mass is 9.94. The summed E-state index contributed by atoms with van der Waals surface area (Å²) in [5.74, 6) is 0. The Morgan fingerprint density at radius 1 is 1.25 bits per heavy atom. The minimum atomic E-state index is 0.674. The molecule has 0 bridgehead atoms. The molecule has 1 saturated carbocycles. The molecule has 2 atom stereocenters. The summed E-state index contributed by atoms with van der Waals surface area (Å²) in [5, 5.41) is 0. The molecule has 0 heterocycles. The molecule has 0 spiro atoms. The van der Waals surface area contributed by atoms with Crippen LogP contribution in [0.3, 0.4) is 0 Å². The van der Waals surface area contributed by atoms with Gasteiger partial charge in [0.15, 0.2) is 0 Å². The fourth-order valence-electron chi connectivity index (χ4n) is 1.91. The average molecular weight is 234 g/mol. The van der Waals surface area contributed by atoms with Gasteiger partial charge in [0.1, 0.15) is 0 Å². The lowest BCUT2D eigenvalue weighted by Crippen LogP contribution is -2.44. The van der Waals surface area contributed by atoms with E-state index in [2.05, 4.69) is 41.7 Å². The van der Waals surface area contributed by atoms with Gasteiger partial charge in [-0.2, -0.15) is 0 Å². The van der Waals surface area contributed by atoms with Gasteiger partial charge in [-0.15, -0.1) is 0 Å². The first-order valence-corrected chi connectivity index (χ1v) is 5.90. The summed E-state index contributed by atoms with van der Waals surface area (Å²) in [4.78, 5) is 3.22. The summed E-state index contributed by atoms with van der Waals surface area (Å²) in [7, 11) is 2.24. The van der Waals surface area contributed by atoms with E-state index in [0.717, 1.165) is 10.9 Å². The van der Waals surface area contributed by atoms with E-state index in [1.54, 1.807) is 0 Å². The highest BCUT2D eigenvalue weighted by Gasteiger charge is 2.27. The fourth-order valence-corrected chi connectivity index (χ4v) is 2.87. The van der Waals surface area contributed by atoms with Crippen LogP contribution in [0.4, 0.5) is 0 Å². The van der Waals surface area contributed by atoms with Gasteiger partial charge < -0.3 is 0 Å². The second-order valence-electron chi connectivity index (χ2n) is 4.13. The molecular formula is C10H20BrN. The van der Waals surface area contributed by atoms with Crippen LogP contribution in [0.15, 0.2) is 0 Å². The molecule has 0 radical (unpaired) electrons. The van der Waals surface area contributed by atoms with Crippen molar-refractivity contribution < 1.29 is 0 Å². The second kappa shape index (κ2) is 4.61. The van der Waals surface area contributed by atoms with E-state index in [4.69, 9.17) is 0 Å². The molecule has 1 rings (SSSR count). The number of rotatable bonds is 2. The number of nitrogens with zero attached hydrogens (tertiary/aromatic N) is 1. The highest BCUT2D eigenvalue weighted by molar-refractivity contribution is 9.09. The third-order valence-electron chi connectivity index (χ3n) is 2.98. The van der Waals surface area contributed by atoms with Crippen molar-refractivity contribution in [3.05, 3.63) is 0 Å². The maximum atomic E-state index is 3.78. The minimum Gasteiger partial charge on any atom is -0.300 e. The van der Waals surface area contributed by atoms with Crippen LogP contribution < -0.4 is 0 Å². The molecule has 1 fully saturated rings. The summed E-state index contributed by atoms with van der Waals surface area (Å²) < 4.78 is 0. The van der Waals surface area contributed by atoms with E-state index in [0.29, 0.717) is 6.04 Å². The molecule has 2 unspecified atom stereocenters. The van der Waals surface area contributed by atoms with Gasteiger partial charge in [-0.3, -0.25) is 4.90 Å². The van der Waals surface area contributed by atoms with Crippen LogP contribution >= 0.6 is 15.9 Å². The van der Waals surface area contributed by atoms with Crippen molar-refractivity contribution in [1.82, 2.24) is 4.90 Å². The summed E-state index contributed by atoms with van der Waals surface area (Å²) in [6, 6.07) is 1.44. The zero-order valence-electron chi connectivity index (χ0n) is 8.39. The Labute approximate surface area is 84.6 Å². The molecule has 0 saturated heterocycles. The lowest BCUT2D eigenvalue weighted by Gasteiger charge is -2.37. The van der Waals surface area contributed by atoms with Crippen molar-refractivity contribution in [3.63, 3.8) is 0 Å². The largest absolute Gasteiger partial charge is 0.300 e. The van der Waals surface area contributed by atoms with E-state index in [1.807, 2.05) is 0 Å². The maximum Gasteiger partial charge on any atom is 0.0301 e. The van der Waals surface area contributed by atoms with Crippen molar-refractivity contribution >= 4 is 15.9 Å². The standard InChI is InChI=1S/C10H20BrN/c1-8(2)12(3)10-7-5-4-6-9(10)11/h8-10H,4-7H2,1-3H3. The summed E-state index contributed by atoms with van der Waals surface area (Å²) in [5.41, 5.74) is 0. The Balaban J connectivity index is 2.47. The van der Waals surface area contributed by atoms with E-state index < -0.39 is 0 Å². The SMILES string of the molecule is CC(C)N(C)C1CCCCC1Br. The number of halogens is 1. The number of hydrogen-bond acceptors (Lipinski definition) is 1. The van der Waals surface area contributed by atoms with Crippen molar-refractivity contribution in [1.29, 1.82) is 0 Å². The molecular weight excluding hydrogens is 214 g/mol. The quantitative estimate of drug-likeness (QED) is 0.664. The number of hydrogen-bond donors (Lipinski definition) is 0. The molecule has 0 amide bonds. The average Bonchev–Trinajstić information content (AvgIpc) is 2.04. The topological polar surface area (TPSA) is 3.24 Å². The highest BCUT2D eigenvalue weighted by Crippen LogP contribution is 2.28. The van der Waals surface area contributed by atoms with Crippen molar-refractivity contribution in [2.45, 2.75) is 56.4 Å². The Morgan fingerprint density at radius 2 is 1.83 bits per heavy atom. The van der Waals surface area contributed by atoms with Gasteiger partial charge in [-0.1, -0.05) is 28.8 Å².